The molecule has 10 rings (SSSR count). The number of carbonyl (C=O) groups excluding carboxylic acids is 5. The van der Waals surface area contributed by atoms with Crippen molar-refractivity contribution in [1.29, 1.82) is 0 Å². The minimum atomic E-state index is -0.645. The van der Waals surface area contributed by atoms with Crippen LogP contribution in [0.25, 0.3) is 0 Å². The van der Waals surface area contributed by atoms with Gasteiger partial charge in [0.2, 0.25) is 17.7 Å². The summed E-state index contributed by atoms with van der Waals surface area (Å²) in [5, 5.41) is 14.5. The summed E-state index contributed by atoms with van der Waals surface area (Å²) in [6, 6.07) is 14.9. The average Bonchev–Trinajstić information content (AvgIpc) is 4.30. The number of benzene rings is 2. The lowest BCUT2D eigenvalue weighted by molar-refractivity contribution is -0.137. The van der Waals surface area contributed by atoms with Crippen molar-refractivity contribution in [2.75, 3.05) is 103 Å². The third-order valence-electron chi connectivity index (χ3n) is 18.1. The van der Waals surface area contributed by atoms with Crippen molar-refractivity contribution in [3.63, 3.8) is 0 Å². The monoisotopic (exact) mass is 1100 g/mol. The van der Waals surface area contributed by atoms with Crippen molar-refractivity contribution in [3.8, 4) is 0 Å². The second-order valence-electron chi connectivity index (χ2n) is 24.9. The van der Waals surface area contributed by atoms with Crippen LogP contribution in [0.3, 0.4) is 0 Å². The number of anilines is 1. The molecule has 6 fully saturated rings. The van der Waals surface area contributed by atoms with E-state index in [0.29, 0.717) is 81.8 Å². The molecule has 5 amide bonds. The topological polar surface area (TPSA) is 175 Å². The van der Waals surface area contributed by atoms with Gasteiger partial charge in [-0.05, 0) is 145 Å². The van der Waals surface area contributed by atoms with Gasteiger partial charge in [-0.15, -0.1) is 0 Å². The number of halogens is 1. The molecule has 5 heterocycles. The Hall–Kier alpha value is -5.36. The van der Waals surface area contributed by atoms with Crippen LogP contribution in [0.2, 0.25) is 5.02 Å². The van der Waals surface area contributed by atoms with E-state index < -0.39 is 23.8 Å². The number of amides is 5. The molecule has 428 valence electrons. The van der Waals surface area contributed by atoms with Gasteiger partial charge in [0.25, 0.3) is 5.91 Å². The number of aromatic nitrogens is 2. The molecule has 1 aromatic heterocycles. The molecule has 4 saturated heterocycles. The third kappa shape index (κ3) is 14.0. The van der Waals surface area contributed by atoms with Gasteiger partial charge in [-0.1, -0.05) is 62.1 Å². The first-order valence-electron chi connectivity index (χ1n) is 29.8. The molecule has 17 nitrogen and oxygen atoms in total. The van der Waals surface area contributed by atoms with E-state index in [-0.39, 0.29) is 59.9 Å². The van der Waals surface area contributed by atoms with Crippen LogP contribution in [0.15, 0.2) is 54.9 Å². The highest BCUT2D eigenvalue weighted by Crippen LogP contribution is 2.43. The van der Waals surface area contributed by atoms with Crippen molar-refractivity contribution in [3.05, 3.63) is 87.8 Å². The Kier molecular flexibility index (Phi) is 18.1. The lowest BCUT2D eigenvalue weighted by Crippen LogP contribution is -2.57. The van der Waals surface area contributed by atoms with Crippen molar-refractivity contribution >= 4 is 47.1 Å². The third-order valence-corrected chi connectivity index (χ3v) is 18.3. The molecule has 3 aromatic rings. The minimum Gasteiger partial charge on any atom is -0.444 e. The standard InChI is InChI=1S/C61H85ClN10O7/c1-41-34-51(73)55-53(41)56(64-40-63-55)68-30-32-69(33-31-68)58(76)50(43-15-17-48(62)18-16-43)38-66-24-21-42(22-25-66)36-67-26-28-70(29-27-67)59(77)54(44-10-6-5-7-11-44)65-57(75)46-13-8-12-45(35-46)47-14-9-23-71(37-47)52(74)39-72(49-19-20-49)60(78)79-61(2,3)4/h8,12-13,15-18,35,40-42,44,47,49-51,54,73H,5-7,9-11,14,19-34,36-39H2,1-4H3,(H,65,75)/t41-,47+,50?,51-,54-/m1/s1. The van der Waals surface area contributed by atoms with Crippen LogP contribution in [0.5, 0.6) is 0 Å². The predicted octanol–water partition coefficient (Wildman–Crippen LogP) is 7.44. The molecule has 3 aliphatic carbocycles. The summed E-state index contributed by atoms with van der Waals surface area (Å²) in [5.74, 6) is 1.24. The minimum absolute atomic E-state index is 0.00190. The fourth-order valence-electron chi connectivity index (χ4n) is 13.4. The zero-order chi connectivity index (χ0) is 55.4. The SMILES string of the molecule is C[C@@H]1C[C@@H](O)c2ncnc(N3CCN(C(=O)C(CN4CCC(CN5CCN(C(=O)[C@H](NC(=O)c6cccc([C@H]7CCCN(C(=O)CN(C(=O)OC(C)(C)C)C8CC8)C7)c6)C6CCCCC6)CC5)CC4)c4ccc(Cl)cc4)CC3)c21. The highest BCUT2D eigenvalue weighted by atomic mass is 35.5. The molecule has 2 aromatic carbocycles. The molecule has 4 aliphatic heterocycles. The van der Waals surface area contributed by atoms with Crippen molar-refractivity contribution in [2.45, 2.75) is 146 Å². The van der Waals surface area contributed by atoms with Crippen LogP contribution in [-0.4, -0.2) is 190 Å². The number of piperazine rings is 2. The Balaban J connectivity index is 0.701. The molecule has 79 heavy (non-hydrogen) atoms. The van der Waals surface area contributed by atoms with E-state index in [1.54, 1.807) is 11.2 Å². The van der Waals surface area contributed by atoms with E-state index in [2.05, 4.69) is 36.9 Å². The quantitative estimate of drug-likeness (QED) is 0.154. The normalized spacial score (nSPS) is 23.7. The van der Waals surface area contributed by atoms with Gasteiger partial charge in [0.05, 0.1) is 17.7 Å². The average molecular weight is 1110 g/mol. The first-order chi connectivity index (χ1) is 38.0. The van der Waals surface area contributed by atoms with Gasteiger partial charge in [0.15, 0.2) is 0 Å². The van der Waals surface area contributed by atoms with Crippen LogP contribution in [0.1, 0.15) is 161 Å². The number of nitrogens with one attached hydrogen (secondary N) is 1. The second kappa shape index (κ2) is 25.2. The van der Waals surface area contributed by atoms with Crippen LogP contribution in [0.4, 0.5) is 10.6 Å². The zero-order valence-corrected chi connectivity index (χ0v) is 48.0. The van der Waals surface area contributed by atoms with E-state index in [4.69, 9.17) is 16.3 Å². The fraction of sp³-hybridized carbons (Fsp3) is 0.656. The zero-order valence-electron chi connectivity index (χ0n) is 47.2. The molecule has 18 heteroatoms. The first-order valence-corrected chi connectivity index (χ1v) is 30.2. The summed E-state index contributed by atoms with van der Waals surface area (Å²) >= 11 is 6.35. The number of fused-ring (bicyclic) bond motifs is 1. The van der Waals surface area contributed by atoms with Gasteiger partial charge < -0.3 is 39.7 Å². The number of nitrogens with zero attached hydrogens (tertiary/aromatic N) is 9. The fourth-order valence-corrected chi connectivity index (χ4v) is 13.6. The Bertz CT molecular complexity index is 2620. The number of aliphatic hydroxyl groups is 1. The first kappa shape index (κ1) is 56.9. The van der Waals surface area contributed by atoms with E-state index in [1.807, 2.05) is 84.0 Å². The summed E-state index contributed by atoms with van der Waals surface area (Å²) in [5.41, 5.74) is 3.63. The van der Waals surface area contributed by atoms with Crippen LogP contribution < -0.4 is 10.2 Å². The van der Waals surface area contributed by atoms with Crippen LogP contribution >= 0.6 is 11.6 Å². The number of rotatable bonds is 15. The smallest absolute Gasteiger partial charge is 0.411 e. The summed E-state index contributed by atoms with van der Waals surface area (Å²) in [4.78, 5) is 93.8. The number of piperidine rings is 2. The Morgan fingerprint density at radius 1 is 0.772 bits per heavy atom. The van der Waals surface area contributed by atoms with Gasteiger partial charge in [-0.25, -0.2) is 14.8 Å². The van der Waals surface area contributed by atoms with E-state index >= 15 is 0 Å². The lowest BCUT2D eigenvalue weighted by atomic mass is 9.83. The predicted molar refractivity (Wildman–Crippen MR) is 304 cm³/mol. The molecule has 0 spiro atoms. The second-order valence-corrected chi connectivity index (χ2v) is 25.4. The highest BCUT2D eigenvalue weighted by molar-refractivity contribution is 6.30. The largest absolute Gasteiger partial charge is 0.444 e. The Morgan fingerprint density at radius 2 is 1.47 bits per heavy atom. The molecule has 7 aliphatic rings. The molecule has 1 unspecified atom stereocenters. The summed E-state index contributed by atoms with van der Waals surface area (Å²) in [6.07, 6.45) is 11.8. The highest BCUT2D eigenvalue weighted by Gasteiger charge is 2.41. The number of carbonyl (C=O) groups is 5. The Morgan fingerprint density at radius 3 is 2.16 bits per heavy atom. The van der Waals surface area contributed by atoms with Gasteiger partial charge in [-0.3, -0.25) is 29.0 Å². The number of hydrogen-bond acceptors (Lipinski definition) is 12. The van der Waals surface area contributed by atoms with Gasteiger partial charge in [0.1, 0.15) is 30.3 Å². The number of aliphatic hydroxyl groups excluding tert-OH is 1. The van der Waals surface area contributed by atoms with Gasteiger partial charge >= 0.3 is 6.09 Å². The van der Waals surface area contributed by atoms with E-state index in [1.165, 1.54) is 0 Å². The summed E-state index contributed by atoms with van der Waals surface area (Å²) in [6.45, 7) is 17.6. The molecule has 0 bridgehead atoms. The maximum absolute atomic E-state index is 14.6. The summed E-state index contributed by atoms with van der Waals surface area (Å²) < 4.78 is 5.65. The van der Waals surface area contributed by atoms with Gasteiger partial charge in [0, 0.05) is 107 Å². The van der Waals surface area contributed by atoms with Crippen molar-refractivity contribution in [2.24, 2.45) is 11.8 Å². The molecule has 2 N–H and O–H groups in total. The van der Waals surface area contributed by atoms with E-state index in [9.17, 15) is 29.1 Å². The number of ether oxygens (including phenoxy) is 1. The van der Waals surface area contributed by atoms with Crippen molar-refractivity contribution in [1.82, 2.24) is 44.7 Å². The molecular weight excluding hydrogens is 1020 g/mol. The molecule has 0 radical (unpaired) electrons. The molecule has 5 atom stereocenters. The molecule has 2 saturated carbocycles. The van der Waals surface area contributed by atoms with Crippen molar-refractivity contribution < 1.29 is 33.8 Å². The van der Waals surface area contributed by atoms with E-state index in [0.717, 1.165) is 132 Å². The maximum atomic E-state index is 14.6. The van der Waals surface area contributed by atoms with Crippen LogP contribution in [0, 0.1) is 11.8 Å². The number of hydrogen-bond donors (Lipinski definition) is 2. The maximum Gasteiger partial charge on any atom is 0.411 e. The Labute approximate surface area is 472 Å². The number of likely N-dealkylation sites (tertiary alicyclic amines) is 2. The summed E-state index contributed by atoms with van der Waals surface area (Å²) in [7, 11) is 0. The lowest BCUT2D eigenvalue weighted by Gasteiger charge is -2.41. The van der Waals surface area contributed by atoms with Crippen LogP contribution in [-0.2, 0) is 19.1 Å². The molecular formula is C61H85ClN10O7. The van der Waals surface area contributed by atoms with Gasteiger partial charge in [-0.2, -0.15) is 0 Å².